The molecule has 0 unspecified atom stereocenters. The average Bonchev–Trinajstić information content (AvgIpc) is 2.79. The van der Waals surface area contributed by atoms with E-state index in [1.54, 1.807) is 18.0 Å². The molecule has 2 aromatic carbocycles. The maximum absolute atomic E-state index is 13.0. The molecule has 3 nitrogen and oxygen atoms in total. The summed E-state index contributed by atoms with van der Waals surface area (Å²) in [6.07, 6.45) is 1.26. The zero-order chi connectivity index (χ0) is 17.3. The highest BCUT2D eigenvalue weighted by Gasteiger charge is 2.51. The molecule has 1 aliphatic rings. The Kier molecular flexibility index (Phi) is 4.65. The van der Waals surface area contributed by atoms with Crippen LogP contribution in [0.4, 0.5) is 5.69 Å². The van der Waals surface area contributed by atoms with Crippen molar-refractivity contribution in [3.63, 3.8) is 0 Å². The lowest BCUT2D eigenvalue weighted by molar-refractivity contribution is -0.497. The zero-order valence-electron chi connectivity index (χ0n) is 14.0. The summed E-state index contributed by atoms with van der Waals surface area (Å²) < 4.78 is 1.45. The van der Waals surface area contributed by atoms with Crippen molar-refractivity contribution in [3.8, 4) is 0 Å². The SMILES string of the molecule is Cc1ccc(/C=[N+](\[O-])[C@H]2N(c3ccccc3)C(=S)SC2(C)C)cc1. The van der Waals surface area contributed by atoms with Gasteiger partial charge in [0.25, 0.3) is 6.17 Å². The smallest absolute Gasteiger partial charge is 0.258 e. The lowest BCUT2D eigenvalue weighted by atomic mass is 10.1. The molecule has 1 heterocycles. The van der Waals surface area contributed by atoms with Crippen LogP contribution in [0.1, 0.15) is 25.0 Å². The van der Waals surface area contributed by atoms with Gasteiger partial charge in [0.05, 0.1) is 0 Å². The Labute approximate surface area is 152 Å². The van der Waals surface area contributed by atoms with Gasteiger partial charge in [0.1, 0.15) is 9.07 Å². The van der Waals surface area contributed by atoms with Crippen LogP contribution in [0.5, 0.6) is 0 Å². The predicted molar refractivity (Wildman–Crippen MR) is 107 cm³/mol. The maximum atomic E-state index is 13.0. The first-order chi connectivity index (χ1) is 11.4. The van der Waals surface area contributed by atoms with Crippen LogP contribution in [-0.2, 0) is 0 Å². The van der Waals surface area contributed by atoms with E-state index in [4.69, 9.17) is 12.2 Å². The molecular weight excluding hydrogens is 336 g/mol. The molecule has 0 aliphatic carbocycles. The second-order valence-electron chi connectivity index (χ2n) is 6.45. The summed E-state index contributed by atoms with van der Waals surface area (Å²) in [6.45, 7) is 6.15. The minimum atomic E-state index is -0.390. The summed E-state index contributed by atoms with van der Waals surface area (Å²) in [5.74, 6) is 0. The Balaban J connectivity index is 2.01. The molecule has 0 amide bonds. The molecule has 1 saturated heterocycles. The van der Waals surface area contributed by atoms with E-state index in [0.717, 1.165) is 20.3 Å². The molecule has 2 aromatic rings. The first kappa shape index (κ1) is 17.0. The first-order valence-electron chi connectivity index (χ1n) is 7.83. The molecule has 0 spiro atoms. The Morgan fingerprint density at radius 1 is 1.12 bits per heavy atom. The molecule has 124 valence electrons. The van der Waals surface area contributed by atoms with Crippen molar-refractivity contribution >= 4 is 40.2 Å². The highest BCUT2D eigenvalue weighted by molar-refractivity contribution is 8.24. The van der Waals surface area contributed by atoms with E-state index in [2.05, 4.69) is 13.8 Å². The molecule has 0 radical (unpaired) electrons. The van der Waals surface area contributed by atoms with E-state index in [1.807, 2.05) is 66.4 Å². The minimum absolute atomic E-state index is 0.310. The normalized spacial score (nSPS) is 20.5. The van der Waals surface area contributed by atoms with Gasteiger partial charge in [-0.25, -0.2) is 0 Å². The molecular formula is C19H20N2OS2. The molecule has 1 fully saturated rings. The molecule has 1 atom stereocenters. The van der Waals surface area contributed by atoms with Crippen molar-refractivity contribution < 1.29 is 4.74 Å². The molecule has 24 heavy (non-hydrogen) atoms. The van der Waals surface area contributed by atoms with Crippen molar-refractivity contribution in [2.24, 2.45) is 0 Å². The Morgan fingerprint density at radius 3 is 2.38 bits per heavy atom. The number of thioether (sulfide) groups is 1. The summed E-state index contributed by atoms with van der Waals surface area (Å²) in [6, 6.07) is 17.8. The van der Waals surface area contributed by atoms with Crippen molar-refractivity contribution in [1.29, 1.82) is 0 Å². The summed E-state index contributed by atoms with van der Waals surface area (Å²) in [5.41, 5.74) is 3.01. The van der Waals surface area contributed by atoms with E-state index in [0.29, 0.717) is 0 Å². The Morgan fingerprint density at radius 2 is 1.75 bits per heavy atom. The summed E-state index contributed by atoms with van der Waals surface area (Å²) in [5, 5.41) is 13.0. The maximum Gasteiger partial charge on any atom is 0.258 e. The number of aryl methyl sites for hydroxylation is 1. The quantitative estimate of drug-likeness (QED) is 0.265. The third kappa shape index (κ3) is 3.32. The molecule has 0 N–H and O–H groups in total. The third-order valence-corrected chi connectivity index (χ3v) is 5.60. The van der Waals surface area contributed by atoms with E-state index >= 15 is 0 Å². The van der Waals surface area contributed by atoms with Crippen LogP contribution in [0, 0.1) is 12.1 Å². The predicted octanol–water partition coefficient (Wildman–Crippen LogP) is 4.57. The minimum Gasteiger partial charge on any atom is -0.622 e. The van der Waals surface area contributed by atoms with Gasteiger partial charge in [-0.15, -0.1) is 0 Å². The van der Waals surface area contributed by atoms with Crippen molar-refractivity contribution in [2.45, 2.75) is 31.7 Å². The fourth-order valence-corrected chi connectivity index (χ4v) is 4.78. The molecule has 5 heteroatoms. The van der Waals surface area contributed by atoms with E-state index in [-0.39, 0.29) is 4.75 Å². The lowest BCUT2D eigenvalue weighted by Crippen LogP contribution is -2.48. The average molecular weight is 357 g/mol. The van der Waals surface area contributed by atoms with Gasteiger partial charge < -0.3 is 5.21 Å². The van der Waals surface area contributed by atoms with Crippen LogP contribution >= 0.6 is 24.0 Å². The van der Waals surface area contributed by atoms with Gasteiger partial charge in [-0.2, -0.15) is 4.74 Å². The van der Waals surface area contributed by atoms with Crippen molar-refractivity contribution in [1.82, 2.24) is 0 Å². The fourth-order valence-electron chi connectivity index (χ4n) is 2.86. The van der Waals surface area contributed by atoms with Gasteiger partial charge >= 0.3 is 0 Å². The van der Waals surface area contributed by atoms with Crippen LogP contribution in [-0.4, -0.2) is 26.2 Å². The molecule has 0 bridgehead atoms. The fraction of sp³-hybridized carbons (Fsp3) is 0.263. The number of hydrogen-bond donors (Lipinski definition) is 0. The second-order valence-corrected chi connectivity index (χ2v) is 8.74. The summed E-state index contributed by atoms with van der Waals surface area (Å²) in [7, 11) is 0. The van der Waals surface area contributed by atoms with E-state index in [9.17, 15) is 5.21 Å². The summed E-state index contributed by atoms with van der Waals surface area (Å²) >= 11 is 7.13. The molecule has 0 aromatic heterocycles. The van der Waals surface area contributed by atoms with Crippen LogP contribution < -0.4 is 4.90 Å². The summed E-state index contributed by atoms with van der Waals surface area (Å²) in [4.78, 5) is 1.96. The number of rotatable bonds is 3. The topological polar surface area (TPSA) is 29.3 Å². The first-order valence-corrected chi connectivity index (χ1v) is 9.05. The highest BCUT2D eigenvalue weighted by atomic mass is 32.2. The standard InChI is InChI=1S/C19H20N2OS2/c1-14-9-11-15(12-10-14)13-20(22)17-19(2,3)24-18(23)21(17)16-7-5-4-6-8-16/h4-13,17H,1-3H3/b20-13-/t17-/m0/s1. The Bertz CT molecular complexity index is 770. The van der Waals surface area contributed by atoms with Gasteiger partial charge in [0, 0.05) is 11.3 Å². The van der Waals surface area contributed by atoms with E-state index < -0.39 is 6.17 Å². The highest BCUT2D eigenvalue weighted by Crippen LogP contribution is 2.43. The van der Waals surface area contributed by atoms with Gasteiger partial charge in [-0.05, 0) is 45.0 Å². The monoisotopic (exact) mass is 356 g/mol. The second kappa shape index (κ2) is 6.57. The zero-order valence-corrected chi connectivity index (χ0v) is 15.6. The Hall–Kier alpha value is -1.85. The molecule has 3 rings (SSSR count). The van der Waals surface area contributed by atoms with Gasteiger partial charge in [0.15, 0.2) is 6.21 Å². The van der Waals surface area contributed by atoms with Crippen LogP contribution in [0.2, 0.25) is 0 Å². The molecule has 0 saturated carbocycles. The largest absolute Gasteiger partial charge is 0.622 e. The number of thiocarbonyl (C=S) groups is 1. The number of para-hydroxylation sites is 1. The van der Waals surface area contributed by atoms with Gasteiger partial charge in [-0.3, -0.25) is 4.90 Å². The van der Waals surface area contributed by atoms with Crippen LogP contribution in [0.15, 0.2) is 54.6 Å². The number of hydrogen-bond acceptors (Lipinski definition) is 3. The van der Waals surface area contributed by atoms with Crippen molar-refractivity contribution in [2.75, 3.05) is 4.90 Å². The number of hydroxylamine groups is 1. The van der Waals surface area contributed by atoms with Gasteiger partial charge in [-0.1, -0.05) is 59.9 Å². The number of anilines is 1. The van der Waals surface area contributed by atoms with E-state index in [1.165, 1.54) is 5.56 Å². The van der Waals surface area contributed by atoms with Gasteiger partial charge in [0.2, 0.25) is 0 Å². The van der Waals surface area contributed by atoms with Crippen LogP contribution in [0.3, 0.4) is 0 Å². The number of nitrogens with zero attached hydrogens (tertiary/aromatic N) is 2. The lowest BCUT2D eigenvalue weighted by Gasteiger charge is -2.29. The van der Waals surface area contributed by atoms with Crippen LogP contribution in [0.25, 0.3) is 0 Å². The third-order valence-electron chi connectivity index (χ3n) is 4.04. The molecule has 1 aliphatic heterocycles. The van der Waals surface area contributed by atoms with Crippen molar-refractivity contribution in [3.05, 3.63) is 70.9 Å². The number of benzene rings is 2.